The Morgan fingerprint density at radius 2 is 1.63 bits per heavy atom. The molecule has 3 rings (SSSR count). The minimum absolute atomic E-state index is 0.114. The Bertz CT molecular complexity index is 751. The summed E-state index contributed by atoms with van der Waals surface area (Å²) < 4.78 is 0. The molecule has 4 nitrogen and oxygen atoms in total. The highest BCUT2D eigenvalue weighted by molar-refractivity contribution is 5.95. The molecular weight excluding hydrogens is 372 g/mol. The Balaban J connectivity index is 2.09. The quantitative estimate of drug-likeness (QED) is 0.525. The van der Waals surface area contributed by atoms with Crippen molar-refractivity contribution in [1.29, 1.82) is 0 Å². The van der Waals surface area contributed by atoms with E-state index in [2.05, 4.69) is 63.6 Å². The summed E-state index contributed by atoms with van der Waals surface area (Å²) in [6.45, 7) is 13.7. The zero-order valence-corrected chi connectivity index (χ0v) is 19.8. The van der Waals surface area contributed by atoms with Crippen molar-refractivity contribution in [3.05, 3.63) is 47.2 Å². The highest BCUT2D eigenvalue weighted by atomic mass is 16.7. The van der Waals surface area contributed by atoms with E-state index >= 15 is 0 Å². The van der Waals surface area contributed by atoms with Gasteiger partial charge in [0, 0.05) is 12.1 Å². The van der Waals surface area contributed by atoms with Crippen LogP contribution in [0, 0.1) is 0 Å². The van der Waals surface area contributed by atoms with Crippen LogP contribution in [0.2, 0.25) is 0 Å². The number of hydrogen-bond acceptors (Lipinski definition) is 3. The Hall–Kier alpha value is -1.81. The van der Waals surface area contributed by atoms with Crippen molar-refractivity contribution in [3.63, 3.8) is 0 Å². The molecule has 166 valence electrons. The smallest absolute Gasteiger partial charge is 0.272 e. The van der Waals surface area contributed by atoms with Crippen LogP contribution in [0.25, 0.3) is 0 Å². The summed E-state index contributed by atoms with van der Waals surface area (Å²) in [5.74, 6) is 0.136. The largest absolute Gasteiger partial charge is 0.330 e. The molecule has 4 heteroatoms. The third-order valence-electron chi connectivity index (χ3n) is 6.98. The van der Waals surface area contributed by atoms with Gasteiger partial charge in [-0.3, -0.25) is 9.63 Å². The van der Waals surface area contributed by atoms with Gasteiger partial charge >= 0.3 is 0 Å². The Kier molecular flexibility index (Phi) is 6.96. The van der Waals surface area contributed by atoms with E-state index in [0.717, 1.165) is 49.8 Å². The molecule has 0 radical (unpaired) electrons. The van der Waals surface area contributed by atoms with Gasteiger partial charge < -0.3 is 4.90 Å². The number of allylic oxidation sites excluding steroid dienone is 1. The number of rotatable bonds is 5. The second-order valence-electron chi connectivity index (χ2n) is 9.96. The molecule has 0 N–H and O–H groups in total. The second kappa shape index (κ2) is 9.13. The lowest BCUT2D eigenvalue weighted by molar-refractivity contribution is -0.250. The number of amides is 1. The number of benzene rings is 1. The Morgan fingerprint density at radius 3 is 2.17 bits per heavy atom. The van der Waals surface area contributed by atoms with E-state index in [1.54, 1.807) is 0 Å². The summed E-state index contributed by atoms with van der Waals surface area (Å²) in [4.78, 5) is 22.7. The molecule has 1 aromatic rings. The summed E-state index contributed by atoms with van der Waals surface area (Å²) >= 11 is 0. The number of carbonyl (C=O) groups is 1. The molecule has 1 aliphatic heterocycles. The minimum atomic E-state index is -0.218. The van der Waals surface area contributed by atoms with E-state index in [1.165, 1.54) is 12.0 Å². The highest BCUT2D eigenvalue weighted by Gasteiger charge is 2.50. The standard InChI is InChI=1S/C26H40N2O2/c1-7-26(8-2)19-27(25(4,5)6)24(29)23(22-17-13-10-14-18-22)28(26)30-20(3)21-15-11-9-12-16-21/h9,11-12,15-16,20H,7-8,10,13-14,17-19H2,1-6H3. The van der Waals surface area contributed by atoms with Gasteiger partial charge in [0.15, 0.2) is 0 Å². The van der Waals surface area contributed by atoms with Crippen molar-refractivity contribution in [2.24, 2.45) is 0 Å². The molecule has 0 spiro atoms. The summed E-state index contributed by atoms with van der Waals surface area (Å²) in [6, 6.07) is 10.3. The molecule has 1 aliphatic carbocycles. The van der Waals surface area contributed by atoms with Crippen LogP contribution in [-0.2, 0) is 9.63 Å². The normalized spacial score (nSPS) is 21.2. The van der Waals surface area contributed by atoms with Gasteiger partial charge in [0.25, 0.3) is 5.91 Å². The van der Waals surface area contributed by atoms with E-state index in [0.29, 0.717) is 6.54 Å². The fraction of sp³-hybridized carbons (Fsp3) is 0.654. The van der Waals surface area contributed by atoms with Crippen molar-refractivity contribution >= 4 is 5.91 Å². The van der Waals surface area contributed by atoms with Crippen LogP contribution in [0.4, 0.5) is 0 Å². The van der Waals surface area contributed by atoms with Gasteiger partial charge in [-0.25, -0.2) is 5.06 Å². The molecule has 1 atom stereocenters. The Labute approximate surface area is 183 Å². The third kappa shape index (κ3) is 4.44. The number of hydrogen-bond donors (Lipinski definition) is 0. The van der Waals surface area contributed by atoms with Crippen LogP contribution in [-0.4, -0.2) is 33.5 Å². The number of piperazine rings is 1. The lowest BCUT2D eigenvalue weighted by atomic mass is 9.83. The van der Waals surface area contributed by atoms with Gasteiger partial charge in [-0.05, 0) is 77.4 Å². The fourth-order valence-corrected chi connectivity index (χ4v) is 4.80. The first-order valence-electron chi connectivity index (χ1n) is 11.8. The average molecular weight is 413 g/mol. The van der Waals surface area contributed by atoms with Gasteiger partial charge in [-0.1, -0.05) is 50.6 Å². The molecule has 2 fully saturated rings. The molecule has 0 aromatic heterocycles. The topological polar surface area (TPSA) is 32.8 Å². The van der Waals surface area contributed by atoms with Crippen LogP contribution >= 0.6 is 0 Å². The number of hydroxylamine groups is 2. The molecular formula is C26H40N2O2. The predicted octanol–water partition coefficient (Wildman–Crippen LogP) is 6.40. The van der Waals surface area contributed by atoms with Gasteiger partial charge in [-0.15, -0.1) is 0 Å². The third-order valence-corrected chi connectivity index (χ3v) is 6.98. The van der Waals surface area contributed by atoms with Crippen molar-refractivity contribution in [2.45, 2.75) is 104 Å². The summed E-state index contributed by atoms with van der Waals surface area (Å²) in [6.07, 6.45) is 7.33. The van der Waals surface area contributed by atoms with Gasteiger partial charge in [0.1, 0.15) is 11.8 Å². The van der Waals surface area contributed by atoms with Crippen LogP contribution in [0.1, 0.15) is 98.2 Å². The summed E-state index contributed by atoms with van der Waals surface area (Å²) in [7, 11) is 0. The molecule has 1 heterocycles. The first kappa shape index (κ1) is 22.9. The van der Waals surface area contributed by atoms with E-state index in [1.807, 2.05) is 18.2 Å². The molecule has 2 aliphatic rings. The van der Waals surface area contributed by atoms with Gasteiger partial charge in [0.2, 0.25) is 0 Å². The second-order valence-corrected chi connectivity index (χ2v) is 9.96. The van der Waals surface area contributed by atoms with Crippen molar-refractivity contribution in [2.75, 3.05) is 6.54 Å². The first-order chi connectivity index (χ1) is 14.2. The molecule has 1 amide bonds. The molecule has 1 saturated carbocycles. The average Bonchev–Trinajstić information content (AvgIpc) is 2.75. The van der Waals surface area contributed by atoms with Gasteiger partial charge in [-0.2, -0.15) is 0 Å². The SMILES string of the molecule is CCC1(CC)CN(C(C)(C)C)C(=O)C(=C2CCCCC2)N1OC(C)c1ccccc1. The van der Waals surface area contributed by atoms with E-state index < -0.39 is 0 Å². The maximum atomic E-state index is 13.9. The van der Waals surface area contributed by atoms with Crippen molar-refractivity contribution < 1.29 is 9.63 Å². The zero-order chi connectivity index (χ0) is 21.9. The van der Waals surface area contributed by atoms with Crippen LogP contribution < -0.4 is 0 Å². The maximum Gasteiger partial charge on any atom is 0.272 e. The van der Waals surface area contributed by atoms with Crippen molar-refractivity contribution in [3.8, 4) is 0 Å². The highest BCUT2D eigenvalue weighted by Crippen LogP contribution is 2.42. The molecule has 30 heavy (non-hydrogen) atoms. The maximum absolute atomic E-state index is 13.9. The van der Waals surface area contributed by atoms with Crippen LogP contribution in [0.3, 0.4) is 0 Å². The molecule has 1 aromatic carbocycles. The van der Waals surface area contributed by atoms with E-state index in [4.69, 9.17) is 4.84 Å². The predicted molar refractivity (Wildman–Crippen MR) is 123 cm³/mol. The summed E-state index contributed by atoms with van der Waals surface area (Å²) in [5.41, 5.74) is 2.81. The number of nitrogens with zero attached hydrogens (tertiary/aromatic N) is 2. The molecule has 0 bridgehead atoms. The molecule has 1 unspecified atom stereocenters. The van der Waals surface area contributed by atoms with E-state index in [9.17, 15) is 4.79 Å². The first-order valence-corrected chi connectivity index (χ1v) is 11.8. The fourth-order valence-electron chi connectivity index (χ4n) is 4.80. The van der Waals surface area contributed by atoms with E-state index in [-0.39, 0.29) is 23.1 Å². The van der Waals surface area contributed by atoms with Crippen LogP contribution in [0.15, 0.2) is 41.6 Å². The monoisotopic (exact) mass is 412 g/mol. The van der Waals surface area contributed by atoms with Gasteiger partial charge in [0.05, 0.1) is 5.54 Å². The number of carbonyl (C=O) groups excluding carboxylic acids is 1. The summed E-state index contributed by atoms with van der Waals surface area (Å²) in [5, 5.41) is 2.07. The lowest BCUT2D eigenvalue weighted by Crippen LogP contribution is -2.66. The zero-order valence-electron chi connectivity index (χ0n) is 19.8. The van der Waals surface area contributed by atoms with Crippen LogP contribution in [0.5, 0.6) is 0 Å². The minimum Gasteiger partial charge on any atom is -0.330 e. The van der Waals surface area contributed by atoms with Crippen molar-refractivity contribution in [1.82, 2.24) is 9.96 Å². The lowest BCUT2D eigenvalue weighted by Gasteiger charge is -2.55. The molecule has 1 saturated heterocycles. The Morgan fingerprint density at radius 1 is 1.03 bits per heavy atom.